The molecule has 4 nitrogen and oxygen atoms in total. The van der Waals surface area contributed by atoms with Gasteiger partial charge in [-0.15, -0.1) is 0 Å². The lowest BCUT2D eigenvalue weighted by Crippen LogP contribution is -1.97. The van der Waals surface area contributed by atoms with Crippen molar-refractivity contribution in [3.8, 4) is 0 Å². The number of nitrogen functional groups attached to an aromatic ring is 1. The van der Waals surface area contributed by atoms with Crippen LogP contribution in [0.4, 0.5) is 5.69 Å². The van der Waals surface area contributed by atoms with Gasteiger partial charge in [0.25, 0.3) is 0 Å². The van der Waals surface area contributed by atoms with Crippen molar-refractivity contribution in [3.05, 3.63) is 29.8 Å². The van der Waals surface area contributed by atoms with Crippen molar-refractivity contribution < 1.29 is 13.2 Å². The van der Waals surface area contributed by atoms with E-state index in [-0.39, 0.29) is 5.78 Å². The van der Waals surface area contributed by atoms with Crippen LogP contribution in [0.2, 0.25) is 0 Å². The third-order valence-corrected chi connectivity index (χ3v) is 1.34. The molecule has 0 aliphatic rings. The molecule has 0 saturated carbocycles. The molecule has 84 valence electrons. The first-order chi connectivity index (χ1) is 6.72. The van der Waals surface area contributed by atoms with E-state index in [9.17, 15) is 4.79 Å². The van der Waals surface area contributed by atoms with Gasteiger partial charge >= 0.3 is 8.26 Å². The second kappa shape index (κ2) is 5.95. The predicted octanol–water partition coefficient (Wildman–Crippen LogP) is 2.18. The average molecular weight is 270 g/mol. The molecule has 2 N–H and O–H groups in total. The Bertz CT molecular complexity index is 437. The van der Waals surface area contributed by atoms with Gasteiger partial charge in [0.05, 0.1) is 0 Å². The SMILES string of the molecule is CC(=O)c1ccccc1N.O=S(=O)(Cl)Cl. The quantitative estimate of drug-likeness (QED) is 0.482. The monoisotopic (exact) mass is 269 g/mol. The van der Waals surface area contributed by atoms with Crippen LogP contribution in [0.3, 0.4) is 0 Å². The standard InChI is InChI=1S/C8H9NO.Cl2O2S/c1-6(10)7-4-2-3-5-8(7)9;1-5(2,3)4/h2-5H,9H2,1H3;. The first-order valence-electron chi connectivity index (χ1n) is 3.71. The van der Waals surface area contributed by atoms with Gasteiger partial charge in [-0.25, -0.2) is 0 Å². The first-order valence-corrected chi connectivity index (χ1v) is 6.85. The van der Waals surface area contributed by atoms with Crippen LogP contribution in [0.5, 0.6) is 0 Å². The zero-order valence-electron chi connectivity index (χ0n) is 7.78. The van der Waals surface area contributed by atoms with Crippen LogP contribution < -0.4 is 5.73 Å². The second-order valence-corrected chi connectivity index (χ2v) is 6.19. The van der Waals surface area contributed by atoms with E-state index >= 15 is 0 Å². The minimum atomic E-state index is -3.72. The summed E-state index contributed by atoms with van der Waals surface area (Å²) in [6.07, 6.45) is 0. The van der Waals surface area contributed by atoms with Crippen molar-refractivity contribution in [1.29, 1.82) is 0 Å². The number of carbonyl (C=O) groups excluding carboxylic acids is 1. The fourth-order valence-electron chi connectivity index (χ4n) is 0.818. The van der Waals surface area contributed by atoms with Crippen molar-refractivity contribution in [1.82, 2.24) is 0 Å². The number of hydrogen-bond acceptors (Lipinski definition) is 4. The Balaban J connectivity index is 0.000000336. The molecular weight excluding hydrogens is 261 g/mol. The van der Waals surface area contributed by atoms with Gasteiger partial charge in [0.15, 0.2) is 5.78 Å². The summed E-state index contributed by atoms with van der Waals surface area (Å²) in [6, 6.07) is 7.04. The van der Waals surface area contributed by atoms with Gasteiger partial charge in [-0.1, -0.05) is 12.1 Å². The molecule has 1 aromatic rings. The van der Waals surface area contributed by atoms with Crippen LogP contribution in [-0.4, -0.2) is 14.2 Å². The van der Waals surface area contributed by atoms with Crippen molar-refractivity contribution in [3.63, 3.8) is 0 Å². The van der Waals surface area contributed by atoms with Crippen molar-refractivity contribution in [2.24, 2.45) is 0 Å². The zero-order chi connectivity index (χ0) is 12.1. The molecule has 1 rings (SSSR count). The van der Waals surface area contributed by atoms with E-state index in [4.69, 9.17) is 14.2 Å². The van der Waals surface area contributed by atoms with E-state index in [2.05, 4.69) is 21.4 Å². The number of halogens is 2. The van der Waals surface area contributed by atoms with E-state index in [1.165, 1.54) is 6.92 Å². The summed E-state index contributed by atoms with van der Waals surface area (Å²) < 4.78 is 18.3. The van der Waals surface area contributed by atoms with E-state index in [1.807, 2.05) is 6.07 Å². The molecule has 0 radical (unpaired) electrons. The lowest BCUT2D eigenvalue weighted by molar-refractivity contribution is 0.101. The smallest absolute Gasteiger partial charge is 0.317 e. The molecule has 15 heavy (non-hydrogen) atoms. The van der Waals surface area contributed by atoms with E-state index in [0.717, 1.165) is 0 Å². The molecule has 0 aliphatic carbocycles. The average Bonchev–Trinajstić information content (AvgIpc) is 2.01. The van der Waals surface area contributed by atoms with Crippen molar-refractivity contribution >= 4 is 41.1 Å². The first kappa shape index (κ1) is 14.2. The normalized spacial score (nSPS) is 10.1. The molecule has 0 amide bonds. The summed E-state index contributed by atoms with van der Waals surface area (Å²) in [5.41, 5.74) is 6.65. The van der Waals surface area contributed by atoms with Crippen LogP contribution in [0.1, 0.15) is 17.3 Å². The zero-order valence-corrected chi connectivity index (χ0v) is 10.1. The Labute approximate surface area is 96.9 Å². The molecule has 1 aromatic carbocycles. The minimum Gasteiger partial charge on any atom is -0.398 e. The molecular formula is C8H9Cl2NO3S. The predicted molar refractivity (Wildman–Crippen MR) is 61.5 cm³/mol. The molecule has 0 aliphatic heterocycles. The van der Waals surface area contributed by atoms with Crippen LogP contribution >= 0.6 is 21.4 Å². The molecule has 0 fully saturated rings. The number of anilines is 1. The Morgan fingerprint density at radius 1 is 1.27 bits per heavy atom. The number of Topliss-reactive ketones (excluding diaryl/α,β-unsaturated/α-hetero) is 1. The van der Waals surface area contributed by atoms with Gasteiger partial charge in [-0.05, 0) is 19.1 Å². The number of ketones is 1. The van der Waals surface area contributed by atoms with Gasteiger partial charge < -0.3 is 5.73 Å². The van der Waals surface area contributed by atoms with Crippen LogP contribution in [0.15, 0.2) is 24.3 Å². The molecule has 0 unspecified atom stereocenters. The van der Waals surface area contributed by atoms with Gasteiger partial charge in [0, 0.05) is 32.6 Å². The van der Waals surface area contributed by atoms with Crippen LogP contribution in [-0.2, 0) is 8.26 Å². The van der Waals surface area contributed by atoms with Gasteiger partial charge in [0.1, 0.15) is 0 Å². The van der Waals surface area contributed by atoms with Gasteiger partial charge in [0.2, 0.25) is 0 Å². The summed E-state index contributed by atoms with van der Waals surface area (Å²) in [4.78, 5) is 10.8. The Morgan fingerprint density at radius 2 is 1.67 bits per heavy atom. The topological polar surface area (TPSA) is 77.2 Å². The lowest BCUT2D eigenvalue weighted by Gasteiger charge is -1.97. The number of para-hydroxylation sites is 1. The number of carbonyl (C=O) groups is 1. The summed E-state index contributed by atoms with van der Waals surface area (Å²) >= 11 is 0. The highest BCUT2D eigenvalue weighted by Gasteiger charge is 2.00. The highest BCUT2D eigenvalue weighted by atomic mass is 36.0. The molecule has 0 atom stereocenters. The summed E-state index contributed by atoms with van der Waals surface area (Å²) in [7, 11) is 4.81. The van der Waals surface area contributed by atoms with Crippen LogP contribution in [0.25, 0.3) is 0 Å². The summed E-state index contributed by atoms with van der Waals surface area (Å²) in [5.74, 6) is 0.0121. The number of nitrogens with two attached hydrogens (primary N) is 1. The third-order valence-electron chi connectivity index (χ3n) is 1.34. The number of hydrogen-bond donors (Lipinski definition) is 1. The summed E-state index contributed by atoms with van der Waals surface area (Å²) in [5, 5.41) is 0. The number of rotatable bonds is 1. The maximum absolute atomic E-state index is 10.8. The molecule has 0 spiro atoms. The lowest BCUT2D eigenvalue weighted by atomic mass is 10.1. The maximum atomic E-state index is 10.8. The second-order valence-electron chi connectivity index (χ2n) is 2.52. The fourth-order valence-corrected chi connectivity index (χ4v) is 0.818. The van der Waals surface area contributed by atoms with E-state index in [1.54, 1.807) is 18.2 Å². The van der Waals surface area contributed by atoms with Crippen molar-refractivity contribution in [2.75, 3.05) is 5.73 Å². The number of benzene rings is 1. The highest BCUT2D eigenvalue weighted by Crippen LogP contribution is 2.09. The Kier molecular flexibility index (Phi) is 5.64. The van der Waals surface area contributed by atoms with Gasteiger partial charge in [-0.3, -0.25) is 4.79 Å². The van der Waals surface area contributed by atoms with E-state index < -0.39 is 8.26 Å². The molecule has 7 heteroatoms. The molecule has 0 saturated heterocycles. The molecule has 0 aromatic heterocycles. The Hall–Kier alpha value is -0.780. The van der Waals surface area contributed by atoms with Crippen molar-refractivity contribution in [2.45, 2.75) is 6.92 Å². The van der Waals surface area contributed by atoms with Gasteiger partial charge in [-0.2, -0.15) is 8.42 Å². The summed E-state index contributed by atoms with van der Waals surface area (Å²) in [6.45, 7) is 1.51. The Morgan fingerprint density at radius 3 is 1.93 bits per heavy atom. The minimum absolute atomic E-state index is 0.0121. The third kappa shape index (κ3) is 8.23. The fraction of sp³-hybridized carbons (Fsp3) is 0.125. The highest BCUT2D eigenvalue weighted by molar-refractivity contribution is 8.31. The maximum Gasteiger partial charge on any atom is 0.317 e. The van der Waals surface area contributed by atoms with Crippen LogP contribution in [0, 0.1) is 0 Å². The molecule has 0 heterocycles. The molecule has 0 bridgehead atoms. The largest absolute Gasteiger partial charge is 0.398 e. The van der Waals surface area contributed by atoms with E-state index in [0.29, 0.717) is 11.3 Å².